The van der Waals surface area contributed by atoms with Gasteiger partial charge in [0.05, 0.1) is 10.6 Å². The summed E-state index contributed by atoms with van der Waals surface area (Å²) in [5.41, 5.74) is -0.391. The second-order valence-electron chi connectivity index (χ2n) is 4.28. The van der Waals surface area contributed by atoms with Gasteiger partial charge in [0.1, 0.15) is 5.82 Å². The Morgan fingerprint density at radius 2 is 2.11 bits per heavy atom. The lowest BCUT2D eigenvalue weighted by atomic mass is 10.1. The molecule has 0 atom stereocenters. The summed E-state index contributed by atoms with van der Waals surface area (Å²) in [6, 6.07) is 3.07. The Morgan fingerprint density at radius 3 is 2.74 bits per heavy atom. The lowest BCUT2D eigenvalue weighted by molar-refractivity contribution is -0.384. The molecule has 104 valence electrons. The maximum atomic E-state index is 13.4. The average molecular weight is 268 g/mol. The number of rotatable bonds is 7. The normalized spacial score (nSPS) is 10.2. The highest BCUT2D eigenvalue weighted by Crippen LogP contribution is 2.21. The Balaban J connectivity index is 2.58. The summed E-state index contributed by atoms with van der Waals surface area (Å²) in [5, 5.41) is 12.9. The van der Waals surface area contributed by atoms with Crippen molar-refractivity contribution in [3.8, 4) is 0 Å². The van der Waals surface area contributed by atoms with E-state index in [0.29, 0.717) is 6.42 Å². The van der Waals surface area contributed by atoms with Crippen LogP contribution in [0.25, 0.3) is 0 Å². The van der Waals surface area contributed by atoms with Crippen LogP contribution >= 0.6 is 0 Å². The fourth-order valence-corrected chi connectivity index (χ4v) is 1.65. The first-order valence-corrected chi connectivity index (χ1v) is 6.28. The minimum atomic E-state index is -0.674. The van der Waals surface area contributed by atoms with Crippen molar-refractivity contribution in [3.05, 3.63) is 34.1 Å². The van der Waals surface area contributed by atoms with Crippen LogP contribution < -0.4 is 5.32 Å². The molecule has 0 radical (unpaired) electrons. The van der Waals surface area contributed by atoms with Crippen LogP contribution in [0.1, 0.15) is 39.0 Å². The van der Waals surface area contributed by atoms with E-state index in [1.54, 1.807) is 0 Å². The van der Waals surface area contributed by atoms with Crippen molar-refractivity contribution < 1.29 is 14.1 Å². The molecule has 0 bridgehead atoms. The number of carbonyl (C=O) groups excluding carboxylic acids is 1. The van der Waals surface area contributed by atoms with Crippen molar-refractivity contribution in [2.24, 2.45) is 0 Å². The van der Waals surface area contributed by atoms with E-state index in [1.165, 1.54) is 0 Å². The summed E-state index contributed by atoms with van der Waals surface area (Å²) in [6.45, 7) is 2.07. The van der Waals surface area contributed by atoms with E-state index in [4.69, 9.17) is 0 Å². The quantitative estimate of drug-likeness (QED) is 0.466. The summed E-state index contributed by atoms with van der Waals surface area (Å²) in [4.78, 5) is 21.5. The van der Waals surface area contributed by atoms with Crippen molar-refractivity contribution in [2.45, 2.75) is 39.0 Å². The summed E-state index contributed by atoms with van der Waals surface area (Å²) >= 11 is 0. The summed E-state index contributed by atoms with van der Waals surface area (Å²) in [7, 11) is 0. The molecule has 1 amide bonds. The molecule has 0 unspecified atom stereocenters. The third-order valence-corrected chi connectivity index (χ3v) is 2.69. The van der Waals surface area contributed by atoms with Gasteiger partial charge in [-0.05, 0) is 12.5 Å². The van der Waals surface area contributed by atoms with E-state index < -0.39 is 10.7 Å². The van der Waals surface area contributed by atoms with Crippen molar-refractivity contribution in [2.75, 3.05) is 5.32 Å². The van der Waals surface area contributed by atoms with Crippen LogP contribution in [0.4, 0.5) is 15.8 Å². The van der Waals surface area contributed by atoms with Crippen LogP contribution in [-0.2, 0) is 4.79 Å². The van der Waals surface area contributed by atoms with Crippen molar-refractivity contribution in [1.82, 2.24) is 0 Å². The van der Waals surface area contributed by atoms with Gasteiger partial charge in [-0.25, -0.2) is 4.39 Å². The van der Waals surface area contributed by atoms with Gasteiger partial charge in [0.2, 0.25) is 5.91 Å². The number of nitrogens with zero attached hydrogens (tertiary/aromatic N) is 1. The first kappa shape index (κ1) is 15.1. The topological polar surface area (TPSA) is 72.2 Å². The third-order valence-electron chi connectivity index (χ3n) is 2.69. The fraction of sp³-hybridized carbons (Fsp3) is 0.462. The Kier molecular flexibility index (Phi) is 5.92. The summed E-state index contributed by atoms with van der Waals surface area (Å²) in [6.07, 6.45) is 4.10. The predicted octanol–water partition coefficient (Wildman–Crippen LogP) is 3.64. The number of carbonyl (C=O) groups is 1. The van der Waals surface area contributed by atoms with E-state index >= 15 is 0 Å². The molecule has 0 aliphatic carbocycles. The third kappa shape index (κ3) is 5.03. The molecule has 0 saturated carbocycles. The van der Waals surface area contributed by atoms with E-state index in [2.05, 4.69) is 12.2 Å². The molecule has 0 heterocycles. The highest BCUT2D eigenvalue weighted by molar-refractivity contribution is 5.91. The number of nitrogens with one attached hydrogen (secondary N) is 1. The summed E-state index contributed by atoms with van der Waals surface area (Å²) < 4.78 is 13.4. The number of hydrogen-bond acceptors (Lipinski definition) is 3. The molecule has 19 heavy (non-hydrogen) atoms. The zero-order valence-corrected chi connectivity index (χ0v) is 10.8. The first-order valence-electron chi connectivity index (χ1n) is 6.28. The SMILES string of the molecule is CCCCCCC(=O)Nc1cc([N+](=O)[O-])ccc1F. The molecule has 1 rings (SSSR count). The number of nitro benzene ring substituents is 1. The Labute approximate surface area is 111 Å². The van der Waals surface area contributed by atoms with Crippen LogP contribution in [0.5, 0.6) is 0 Å². The number of halogens is 1. The Bertz CT molecular complexity index is 463. The molecular formula is C13H17FN2O3. The molecule has 1 aromatic rings. The van der Waals surface area contributed by atoms with E-state index in [-0.39, 0.29) is 17.3 Å². The number of non-ortho nitro benzene ring substituents is 1. The monoisotopic (exact) mass is 268 g/mol. The molecule has 0 aliphatic heterocycles. The summed E-state index contributed by atoms with van der Waals surface area (Å²) in [5.74, 6) is -0.997. The molecule has 6 heteroatoms. The lowest BCUT2D eigenvalue weighted by Crippen LogP contribution is -2.12. The number of benzene rings is 1. The Hall–Kier alpha value is -1.98. The van der Waals surface area contributed by atoms with Gasteiger partial charge in [-0.1, -0.05) is 26.2 Å². The second kappa shape index (κ2) is 7.45. The molecule has 5 nitrogen and oxygen atoms in total. The number of hydrogen-bond donors (Lipinski definition) is 1. The highest BCUT2D eigenvalue weighted by atomic mass is 19.1. The molecule has 0 aromatic heterocycles. The maximum Gasteiger partial charge on any atom is 0.271 e. The van der Waals surface area contributed by atoms with E-state index in [9.17, 15) is 19.3 Å². The number of nitro groups is 1. The molecule has 1 N–H and O–H groups in total. The molecular weight excluding hydrogens is 251 g/mol. The zero-order chi connectivity index (χ0) is 14.3. The Morgan fingerprint density at radius 1 is 1.37 bits per heavy atom. The van der Waals surface area contributed by atoms with Gasteiger partial charge in [-0.2, -0.15) is 0 Å². The fourth-order valence-electron chi connectivity index (χ4n) is 1.65. The largest absolute Gasteiger partial charge is 0.323 e. The van der Waals surface area contributed by atoms with Crippen LogP contribution in [0, 0.1) is 15.9 Å². The minimum Gasteiger partial charge on any atom is -0.323 e. The van der Waals surface area contributed by atoms with Gasteiger partial charge in [0.15, 0.2) is 0 Å². The molecule has 0 fully saturated rings. The number of amides is 1. The zero-order valence-electron chi connectivity index (χ0n) is 10.8. The van der Waals surface area contributed by atoms with Crippen LogP contribution in [0.2, 0.25) is 0 Å². The maximum absolute atomic E-state index is 13.4. The number of anilines is 1. The first-order chi connectivity index (χ1) is 9.04. The minimum absolute atomic E-state index is 0.144. The van der Waals surface area contributed by atoms with Gasteiger partial charge in [-0.15, -0.1) is 0 Å². The van der Waals surface area contributed by atoms with E-state index in [1.807, 2.05) is 0 Å². The van der Waals surface area contributed by atoms with Crippen LogP contribution in [0.15, 0.2) is 18.2 Å². The standard InChI is InChI=1S/C13H17FN2O3/c1-2-3-4-5-6-13(17)15-12-9-10(16(18)19)7-8-11(12)14/h7-9H,2-6H2,1H3,(H,15,17). The molecule has 0 aliphatic rings. The van der Waals surface area contributed by atoms with Gasteiger partial charge in [0, 0.05) is 18.6 Å². The van der Waals surface area contributed by atoms with Crippen LogP contribution in [-0.4, -0.2) is 10.8 Å². The number of unbranched alkanes of at least 4 members (excludes halogenated alkanes) is 3. The molecule has 0 spiro atoms. The molecule has 0 saturated heterocycles. The smallest absolute Gasteiger partial charge is 0.271 e. The van der Waals surface area contributed by atoms with Crippen molar-refractivity contribution >= 4 is 17.3 Å². The van der Waals surface area contributed by atoms with Crippen molar-refractivity contribution in [1.29, 1.82) is 0 Å². The predicted molar refractivity (Wildman–Crippen MR) is 70.4 cm³/mol. The van der Waals surface area contributed by atoms with Gasteiger partial charge in [0.25, 0.3) is 5.69 Å². The van der Waals surface area contributed by atoms with Gasteiger partial charge >= 0.3 is 0 Å². The highest BCUT2D eigenvalue weighted by Gasteiger charge is 2.12. The average Bonchev–Trinajstić information content (AvgIpc) is 2.37. The van der Waals surface area contributed by atoms with Crippen molar-refractivity contribution in [3.63, 3.8) is 0 Å². The molecule has 1 aromatic carbocycles. The lowest BCUT2D eigenvalue weighted by Gasteiger charge is -2.06. The second-order valence-corrected chi connectivity index (χ2v) is 4.28. The van der Waals surface area contributed by atoms with E-state index in [0.717, 1.165) is 43.9 Å². The van der Waals surface area contributed by atoms with Gasteiger partial charge in [-0.3, -0.25) is 14.9 Å². The van der Waals surface area contributed by atoms with Gasteiger partial charge < -0.3 is 5.32 Å². The van der Waals surface area contributed by atoms with Crippen LogP contribution in [0.3, 0.4) is 0 Å².